The lowest BCUT2D eigenvalue weighted by Crippen LogP contribution is -2.47. The molecule has 1 atom stereocenters. The van der Waals surface area contributed by atoms with Gasteiger partial charge in [0, 0.05) is 36.7 Å². The minimum atomic E-state index is -0.474. The molecule has 1 saturated heterocycles. The number of non-ortho nitro benzene ring substituents is 1. The fourth-order valence-electron chi connectivity index (χ4n) is 2.83. The van der Waals surface area contributed by atoms with Crippen LogP contribution in [0.1, 0.15) is 23.3 Å². The Morgan fingerprint density at radius 1 is 1.55 bits per heavy atom. The third-order valence-corrected chi connectivity index (χ3v) is 4.08. The Bertz CT molecular complexity index is 726. The molecule has 8 nitrogen and oxygen atoms in total. The first kappa shape index (κ1) is 14.5. The molecule has 1 unspecified atom stereocenters. The van der Waals surface area contributed by atoms with Gasteiger partial charge in [-0.3, -0.25) is 20.0 Å². The van der Waals surface area contributed by atoms with Gasteiger partial charge < -0.3 is 10.2 Å². The number of nitro groups is 1. The molecule has 1 amide bonds. The molecule has 116 valence electrons. The number of likely N-dealkylation sites (N-methyl/N-ethyl adjacent to an activating group) is 1. The van der Waals surface area contributed by atoms with Crippen molar-refractivity contribution < 1.29 is 9.72 Å². The minimum Gasteiger partial charge on any atom is -0.336 e. The number of hydrogen-bond acceptors (Lipinski definition) is 5. The first-order chi connectivity index (χ1) is 10.6. The molecule has 1 fully saturated rings. The van der Waals surface area contributed by atoms with Gasteiger partial charge in [-0.1, -0.05) is 0 Å². The average Bonchev–Trinajstić information content (AvgIpc) is 2.97. The third kappa shape index (κ3) is 2.52. The number of fused-ring (bicyclic) bond motifs is 1. The SMILES string of the molecule is CNC1CCCN(C(=O)c2n[nH]c3ccc([N+](=O)[O-])cc23)C1. The molecule has 1 aromatic carbocycles. The van der Waals surface area contributed by atoms with Crippen molar-refractivity contribution in [1.29, 1.82) is 0 Å². The maximum atomic E-state index is 12.7. The van der Waals surface area contributed by atoms with E-state index < -0.39 is 4.92 Å². The summed E-state index contributed by atoms with van der Waals surface area (Å²) in [5.41, 5.74) is 0.821. The molecule has 1 aromatic heterocycles. The highest BCUT2D eigenvalue weighted by molar-refractivity contribution is 6.05. The van der Waals surface area contributed by atoms with E-state index in [9.17, 15) is 14.9 Å². The Kier molecular flexibility index (Phi) is 3.76. The summed E-state index contributed by atoms with van der Waals surface area (Å²) in [5, 5.41) is 21.4. The summed E-state index contributed by atoms with van der Waals surface area (Å²) in [5.74, 6) is -0.188. The third-order valence-electron chi connectivity index (χ3n) is 4.08. The van der Waals surface area contributed by atoms with Crippen LogP contribution in [0.25, 0.3) is 10.9 Å². The van der Waals surface area contributed by atoms with E-state index >= 15 is 0 Å². The number of nitrogens with one attached hydrogen (secondary N) is 2. The maximum Gasteiger partial charge on any atom is 0.275 e. The van der Waals surface area contributed by atoms with Gasteiger partial charge in [-0.15, -0.1) is 0 Å². The Morgan fingerprint density at radius 3 is 3.09 bits per heavy atom. The molecule has 0 saturated carbocycles. The first-order valence-corrected chi connectivity index (χ1v) is 7.19. The molecule has 3 rings (SSSR count). The van der Waals surface area contributed by atoms with E-state index in [0.717, 1.165) is 12.8 Å². The number of hydrogen-bond donors (Lipinski definition) is 2. The van der Waals surface area contributed by atoms with E-state index in [1.54, 1.807) is 11.0 Å². The van der Waals surface area contributed by atoms with Crippen LogP contribution in [0.15, 0.2) is 18.2 Å². The fourth-order valence-corrected chi connectivity index (χ4v) is 2.83. The van der Waals surface area contributed by atoms with Gasteiger partial charge >= 0.3 is 0 Å². The molecule has 22 heavy (non-hydrogen) atoms. The van der Waals surface area contributed by atoms with Crippen LogP contribution < -0.4 is 5.32 Å². The second-order valence-electron chi connectivity index (χ2n) is 5.44. The smallest absolute Gasteiger partial charge is 0.275 e. The largest absolute Gasteiger partial charge is 0.336 e. The summed E-state index contributed by atoms with van der Waals surface area (Å²) >= 11 is 0. The molecular formula is C14H17N5O3. The number of piperidine rings is 1. The molecule has 0 spiro atoms. The number of aromatic amines is 1. The molecule has 2 heterocycles. The predicted octanol–water partition coefficient (Wildman–Crippen LogP) is 1.30. The van der Waals surface area contributed by atoms with Crippen molar-refractivity contribution in [2.45, 2.75) is 18.9 Å². The maximum absolute atomic E-state index is 12.7. The van der Waals surface area contributed by atoms with Crippen molar-refractivity contribution in [2.24, 2.45) is 0 Å². The molecule has 0 bridgehead atoms. The number of nitro benzene ring substituents is 1. The van der Waals surface area contributed by atoms with Gasteiger partial charge in [-0.25, -0.2) is 0 Å². The van der Waals surface area contributed by atoms with Crippen molar-refractivity contribution >= 4 is 22.5 Å². The Labute approximate surface area is 126 Å². The van der Waals surface area contributed by atoms with Gasteiger partial charge in [0.2, 0.25) is 0 Å². The van der Waals surface area contributed by atoms with Crippen molar-refractivity contribution in [3.05, 3.63) is 34.0 Å². The molecule has 1 aliphatic heterocycles. The number of H-pyrrole nitrogens is 1. The van der Waals surface area contributed by atoms with Crippen LogP contribution >= 0.6 is 0 Å². The standard InChI is InChI=1S/C14H17N5O3/c1-15-9-3-2-6-18(8-9)14(20)13-11-7-10(19(21)22)4-5-12(11)16-17-13/h4-5,7,9,15H,2-3,6,8H2,1H3,(H,16,17). The topological polar surface area (TPSA) is 104 Å². The van der Waals surface area contributed by atoms with Crippen LogP contribution in [0.4, 0.5) is 5.69 Å². The summed E-state index contributed by atoms with van der Waals surface area (Å²) in [7, 11) is 1.88. The normalized spacial score (nSPS) is 18.6. The number of aromatic nitrogens is 2. The fraction of sp³-hybridized carbons (Fsp3) is 0.429. The molecular weight excluding hydrogens is 286 g/mol. The van der Waals surface area contributed by atoms with Crippen LogP contribution in [0.5, 0.6) is 0 Å². The molecule has 2 aromatic rings. The number of likely N-dealkylation sites (tertiary alicyclic amines) is 1. The van der Waals surface area contributed by atoms with Crippen LogP contribution in [-0.4, -0.2) is 52.1 Å². The van der Waals surface area contributed by atoms with Gasteiger partial charge in [0.15, 0.2) is 5.69 Å². The number of carbonyl (C=O) groups excluding carboxylic acids is 1. The van der Waals surface area contributed by atoms with E-state index in [1.807, 2.05) is 7.05 Å². The summed E-state index contributed by atoms with van der Waals surface area (Å²) < 4.78 is 0. The molecule has 8 heteroatoms. The zero-order valence-electron chi connectivity index (χ0n) is 12.2. The Morgan fingerprint density at radius 2 is 2.36 bits per heavy atom. The van der Waals surface area contributed by atoms with Gasteiger partial charge in [0.25, 0.3) is 11.6 Å². The molecule has 1 aliphatic rings. The lowest BCUT2D eigenvalue weighted by Gasteiger charge is -2.32. The van der Waals surface area contributed by atoms with Gasteiger partial charge in [0.1, 0.15) is 0 Å². The second-order valence-corrected chi connectivity index (χ2v) is 5.44. The van der Waals surface area contributed by atoms with Crippen LogP contribution in [0.2, 0.25) is 0 Å². The van der Waals surface area contributed by atoms with Crippen LogP contribution in [0, 0.1) is 10.1 Å². The highest BCUT2D eigenvalue weighted by Gasteiger charge is 2.26. The zero-order chi connectivity index (χ0) is 15.7. The quantitative estimate of drug-likeness (QED) is 0.657. The Hall–Kier alpha value is -2.48. The summed E-state index contributed by atoms with van der Waals surface area (Å²) in [6, 6.07) is 4.64. The van der Waals surface area contributed by atoms with E-state index in [-0.39, 0.29) is 23.3 Å². The molecule has 0 aliphatic carbocycles. The minimum absolute atomic E-state index is 0.0466. The predicted molar refractivity (Wildman–Crippen MR) is 80.7 cm³/mol. The lowest BCUT2D eigenvalue weighted by atomic mass is 10.1. The van der Waals surface area contributed by atoms with E-state index in [2.05, 4.69) is 15.5 Å². The number of nitrogens with zero attached hydrogens (tertiary/aromatic N) is 3. The monoisotopic (exact) mass is 303 g/mol. The summed E-state index contributed by atoms with van der Waals surface area (Å²) in [4.78, 5) is 24.8. The van der Waals surface area contributed by atoms with Crippen molar-refractivity contribution in [1.82, 2.24) is 20.4 Å². The van der Waals surface area contributed by atoms with E-state index in [4.69, 9.17) is 0 Å². The van der Waals surface area contributed by atoms with Gasteiger partial charge in [0.05, 0.1) is 10.4 Å². The Balaban J connectivity index is 1.93. The lowest BCUT2D eigenvalue weighted by molar-refractivity contribution is -0.384. The zero-order valence-corrected chi connectivity index (χ0v) is 12.2. The second kappa shape index (κ2) is 5.72. The number of rotatable bonds is 3. The van der Waals surface area contributed by atoms with Gasteiger partial charge in [-0.2, -0.15) is 5.10 Å². The highest BCUT2D eigenvalue weighted by Crippen LogP contribution is 2.24. The summed E-state index contributed by atoms with van der Waals surface area (Å²) in [6.45, 7) is 1.30. The average molecular weight is 303 g/mol. The first-order valence-electron chi connectivity index (χ1n) is 7.19. The summed E-state index contributed by atoms with van der Waals surface area (Å²) in [6.07, 6.45) is 1.97. The number of benzene rings is 1. The van der Waals surface area contributed by atoms with Crippen LogP contribution in [-0.2, 0) is 0 Å². The number of amides is 1. The molecule has 2 N–H and O–H groups in total. The van der Waals surface area contributed by atoms with Gasteiger partial charge in [-0.05, 0) is 26.0 Å². The van der Waals surface area contributed by atoms with E-state index in [0.29, 0.717) is 24.0 Å². The highest BCUT2D eigenvalue weighted by atomic mass is 16.6. The van der Waals surface area contributed by atoms with Crippen molar-refractivity contribution in [3.8, 4) is 0 Å². The molecule has 0 radical (unpaired) electrons. The number of carbonyl (C=O) groups is 1. The van der Waals surface area contributed by atoms with E-state index in [1.165, 1.54) is 12.1 Å². The van der Waals surface area contributed by atoms with Crippen LogP contribution in [0.3, 0.4) is 0 Å². The van der Waals surface area contributed by atoms with Crippen molar-refractivity contribution in [2.75, 3.05) is 20.1 Å². The van der Waals surface area contributed by atoms with Crippen molar-refractivity contribution in [3.63, 3.8) is 0 Å².